The average Bonchev–Trinajstić information content (AvgIpc) is 2.64. The van der Waals surface area contributed by atoms with Gasteiger partial charge in [0, 0.05) is 31.7 Å². The molecule has 5 nitrogen and oxygen atoms in total. The zero-order valence-electron chi connectivity index (χ0n) is 14.7. The molecule has 0 spiro atoms. The SMILES string of the molecule is O=S(=O)(NC1CN(Cc2ccccc2)CCC1CO)c1cc(F)ccc1Cl. The molecule has 0 radical (unpaired) electrons. The number of nitrogens with one attached hydrogen (secondary N) is 1. The van der Waals surface area contributed by atoms with Crippen molar-refractivity contribution in [2.24, 2.45) is 5.92 Å². The fourth-order valence-corrected chi connectivity index (χ4v) is 5.16. The van der Waals surface area contributed by atoms with Gasteiger partial charge in [-0.15, -0.1) is 0 Å². The Hall–Kier alpha value is -1.51. The van der Waals surface area contributed by atoms with Crippen LogP contribution in [0.1, 0.15) is 12.0 Å². The van der Waals surface area contributed by atoms with E-state index in [2.05, 4.69) is 9.62 Å². The molecule has 0 aromatic heterocycles. The van der Waals surface area contributed by atoms with Crippen LogP contribution in [0.5, 0.6) is 0 Å². The summed E-state index contributed by atoms with van der Waals surface area (Å²) < 4.78 is 41.6. The number of hydrogen-bond donors (Lipinski definition) is 2. The van der Waals surface area contributed by atoms with Crippen molar-refractivity contribution in [3.8, 4) is 0 Å². The lowest BCUT2D eigenvalue weighted by Gasteiger charge is -2.38. The maximum Gasteiger partial charge on any atom is 0.242 e. The molecule has 3 rings (SSSR count). The lowest BCUT2D eigenvalue weighted by Crippen LogP contribution is -2.53. The fraction of sp³-hybridized carbons (Fsp3) is 0.368. The summed E-state index contributed by atoms with van der Waals surface area (Å²) >= 11 is 5.96. The van der Waals surface area contributed by atoms with E-state index >= 15 is 0 Å². The second-order valence-corrected chi connectivity index (χ2v) is 8.84. The van der Waals surface area contributed by atoms with Gasteiger partial charge in [0.1, 0.15) is 10.7 Å². The van der Waals surface area contributed by atoms with Crippen molar-refractivity contribution in [1.82, 2.24) is 9.62 Å². The lowest BCUT2D eigenvalue weighted by atomic mass is 9.93. The summed E-state index contributed by atoms with van der Waals surface area (Å²) in [5.41, 5.74) is 1.13. The molecular formula is C19H22ClFN2O3S. The Labute approximate surface area is 163 Å². The van der Waals surface area contributed by atoms with Crippen molar-refractivity contribution in [3.63, 3.8) is 0 Å². The van der Waals surface area contributed by atoms with Gasteiger partial charge in [0.15, 0.2) is 0 Å². The molecule has 1 aliphatic rings. The van der Waals surface area contributed by atoms with Crippen molar-refractivity contribution in [1.29, 1.82) is 0 Å². The number of nitrogens with zero attached hydrogens (tertiary/aromatic N) is 1. The minimum absolute atomic E-state index is 0.0404. The third-order valence-electron chi connectivity index (χ3n) is 4.81. The number of benzene rings is 2. The number of rotatable bonds is 6. The molecule has 2 N–H and O–H groups in total. The van der Waals surface area contributed by atoms with Crippen LogP contribution < -0.4 is 4.72 Å². The fourth-order valence-electron chi connectivity index (χ4n) is 3.35. The van der Waals surface area contributed by atoms with Crippen molar-refractivity contribution in [2.75, 3.05) is 19.7 Å². The molecule has 0 aliphatic carbocycles. The van der Waals surface area contributed by atoms with Crippen LogP contribution in [-0.4, -0.2) is 44.2 Å². The van der Waals surface area contributed by atoms with Crippen LogP contribution in [0.15, 0.2) is 53.4 Å². The molecule has 8 heteroatoms. The van der Waals surface area contributed by atoms with Crippen LogP contribution in [0.25, 0.3) is 0 Å². The first-order valence-corrected chi connectivity index (χ1v) is 10.6. The lowest BCUT2D eigenvalue weighted by molar-refractivity contribution is 0.101. The van der Waals surface area contributed by atoms with Crippen molar-refractivity contribution >= 4 is 21.6 Å². The highest BCUT2D eigenvalue weighted by Gasteiger charge is 2.33. The van der Waals surface area contributed by atoms with E-state index in [9.17, 15) is 17.9 Å². The minimum Gasteiger partial charge on any atom is -0.396 e. The van der Waals surface area contributed by atoms with Gasteiger partial charge in [-0.2, -0.15) is 0 Å². The molecule has 1 heterocycles. The van der Waals surface area contributed by atoms with Gasteiger partial charge >= 0.3 is 0 Å². The first-order valence-electron chi connectivity index (χ1n) is 8.73. The molecule has 1 aliphatic heterocycles. The van der Waals surface area contributed by atoms with E-state index in [1.165, 1.54) is 6.07 Å². The second kappa shape index (κ2) is 8.67. The molecule has 0 bridgehead atoms. The monoisotopic (exact) mass is 412 g/mol. The highest BCUT2D eigenvalue weighted by Crippen LogP contribution is 2.25. The minimum atomic E-state index is -4.01. The molecule has 0 saturated carbocycles. The average molecular weight is 413 g/mol. The third-order valence-corrected chi connectivity index (χ3v) is 6.78. The van der Waals surface area contributed by atoms with E-state index in [-0.39, 0.29) is 22.4 Å². The predicted molar refractivity (Wildman–Crippen MR) is 102 cm³/mol. The molecular weight excluding hydrogens is 391 g/mol. The number of hydrogen-bond acceptors (Lipinski definition) is 4. The summed E-state index contributed by atoms with van der Waals surface area (Å²) in [5, 5.41) is 9.62. The van der Waals surface area contributed by atoms with Crippen LogP contribution in [0, 0.1) is 11.7 Å². The summed E-state index contributed by atoms with van der Waals surface area (Å²) in [5.74, 6) is -0.882. The molecule has 2 unspecified atom stereocenters. The molecule has 2 atom stereocenters. The van der Waals surface area contributed by atoms with E-state index in [0.717, 1.165) is 24.2 Å². The Balaban J connectivity index is 1.76. The Morgan fingerprint density at radius 2 is 1.96 bits per heavy atom. The van der Waals surface area contributed by atoms with Crippen LogP contribution >= 0.6 is 11.6 Å². The smallest absolute Gasteiger partial charge is 0.242 e. The largest absolute Gasteiger partial charge is 0.396 e. The van der Waals surface area contributed by atoms with E-state index < -0.39 is 21.9 Å². The highest BCUT2D eigenvalue weighted by molar-refractivity contribution is 7.89. The third kappa shape index (κ3) is 5.06. The van der Waals surface area contributed by atoms with Gasteiger partial charge < -0.3 is 5.11 Å². The zero-order chi connectivity index (χ0) is 19.4. The Kier molecular flexibility index (Phi) is 6.49. The van der Waals surface area contributed by atoms with Crippen LogP contribution in [0.2, 0.25) is 5.02 Å². The summed E-state index contributed by atoms with van der Waals surface area (Å²) in [7, 11) is -4.01. The first-order chi connectivity index (χ1) is 12.9. The highest BCUT2D eigenvalue weighted by atomic mass is 35.5. The number of sulfonamides is 1. The van der Waals surface area contributed by atoms with E-state index in [0.29, 0.717) is 19.5 Å². The normalized spacial score (nSPS) is 21.3. The summed E-state index contributed by atoms with van der Waals surface area (Å²) in [4.78, 5) is 1.85. The molecule has 1 saturated heterocycles. The van der Waals surface area contributed by atoms with Crippen LogP contribution in [0.3, 0.4) is 0 Å². The van der Waals surface area contributed by atoms with Crippen molar-refractivity contribution in [2.45, 2.75) is 23.9 Å². The Morgan fingerprint density at radius 3 is 2.67 bits per heavy atom. The summed E-state index contributed by atoms with van der Waals surface area (Å²) in [6, 6.07) is 12.6. The van der Waals surface area contributed by atoms with Gasteiger partial charge in [-0.3, -0.25) is 4.90 Å². The first kappa shape index (κ1) is 20.2. The van der Waals surface area contributed by atoms with E-state index in [4.69, 9.17) is 11.6 Å². The maximum atomic E-state index is 13.5. The molecule has 1 fully saturated rings. The number of likely N-dealkylation sites (tertiary alicyclic amines) is 1. The Bertz CT molecular complexity index is 880. The topological polar surface area (TPSA) is 69.6 Å². The van der Waals surface area contributed by atoms with Crippen molar-refractivity contribution < 1.29 is 17.9 Å². The van der Waals surface area contributed by atoms with Gasteiger partial charge in [0.05, 0.1) is 5.02 Å². The summed E-state index contributed by atoms with van der Waals surface area (Å²) in [6.07, 6.45) is 0.660. The predicted octanol–water partition coefficient (Wildman–Crippen LogP) is 2.64. The second-order valence-electron chi connectivity index (χ2n) is 6.75. The van der Waals surface area contributed by atoms with Gasteiger partial charge in [-0.05, 0) is 36.7 Å². The number of halogens is 2. The molecule has 146 valence electrons. The summed E-state index contributed by atoms with van der Waals surface area (Å²) in [6.45, 7) is 1.78. The molecule has 2 aromatic rings. The van der Waals surface area contributed by atoms with Crippen LogP contribution in [-0.2, 0) is 16.6 Å². The number of aliphatic hydroxyl groups is 1. The Morgan fingerprint density at radius 1 is 1.22 bits per heavy atom. The van der Waals surface area contributed by atoms with Gasteiger partial charge in [-0.25, -0.2) is 17.5 Å². The van der Waals surface area contributed by atoms with Gasteiger partial charge in [-0.1, -0.05) is 41.9 Å². The maximum absolute atomic E-state index is 13.5. The molecule has 0 amide bonds. The quantitative estimate of drug-likeness (QED) is 0.765. The van der Waals surface area contributed by atoms with Crippen molar-refractivity contribution in [3.05, 3.63) is 64.9 Å². The van der Waals surface area contributed by atoms with Gasteiger partial charge in [0.25, 0.3) is 0 Å². The van der Waals surface area contributed by atoms with E-state index in [1.54, 1.807) is 0 Å². The number of piperidine rings is 1. The van der Waals surface area contributed by atoms with E-state index in [1.807, 2.05) is 30.3 Å². The molecule has 27 heavy (non-hydrogen) atoms. The van der Waals surface area contributed by atoms with Gasteiger partial charge in [0.2, 0.25) is 10.0 Å². The molecule has 2 aromatic carbocycles. The van der Waals surface area contributed by atoms with Crippen LogP contribution in [0.4, 0.5) is 4.39 Å². The zero-order valence-corrected chi connectivity index (χ0v) is 16.3. The standard InChI is InChI=1S/C19H22ClFN2O3S/c20-17-7-6-16(21)10-19(17)27(25,26)22-18-12-23(9-8-15(18)13-24)11-14-4-2-1-3-5-14/h1-7,10,15,18,22,24H,8-9,11-13H2. The number of aliphatic hydroxyl groups excluding tert-OH is 1.